The summed E-state index contributed by atoms with van der Waals surface area (Å²) in [5.74, 6) is -2.05. The molecule has 0 spiro atoms. The van der Waals surface area contributed by atoms with Crippen LogP contribution >= 0.6 is 0 Å². The molecule has 2 rings (SSSR count). The van der Waals surface area contributed by atoms with Crippen LogP contribution in [0.2, 0.25) is 0 Å². The zero-order valence-corrected chi connectivity index (χ0v) is 17.0. The van der Waals surface area contributed by atoms with Crippen molar-refractivity contribution in [3.05, 3.63) is 65.7 Å². The minimum Gasteiger partial charge on any atom is -0.481 e. The summed E-state index contributed by atoms with van der Waals surface area (Å²) < 4.78 is 24.5. The lowest BCUT2D eigenvalue weighted by molar-refractivity contribution is -0.141. The van der Waals surface area contributed by atoms with Crippen LogP contribution in [0.25, 0.3) is 0 Å². The van der Waals surface area contributed by atoms with Crippen LogP contribution in [-0.4, -0.2) is 42.1 Å². The maximum Gasteiger partial charge on any atom is 0.308 e. The summed E-state index contributed by atoms with van der Waals surface area (Å²) in [6.45, 7) is 5.07. The Morgan fingerprint density at radius 1 is 0.964 bits per heavy atom. The minimum atomic E-state index is -3.42. The molecule has 6 nitrogen and oxygen atoms in total. The molecule has 28 heavy (non-hydrogen) atoms. The number of carbonyl (C=O) groups is 2. The van der Waals surface area contributed by atoms with E-state index in [1.54, 1.807) is 20.8 Å². The van der Waals surface area contributed by atoms with Crippen molar-refractivity contribution < 1.29 is 23.1 Å². The Kier molecular flexibility index (Phi) is 6.96. The molecule has 0 saturated heterocycles. The van der Waals surface area contributed by atoms with Crippen LogP contribution in [0.1, 0.15) is 36.7 Å². The molecule has 0 saturated carbocycles. The second kappa shape index (κ2) is 9.01. The molecule has 0 aliphatic carbocycles. The first kappa shape index (κ1) is 21.6. The minimum absolute atomic E-state index is 0.0507. The van der Waals surface area contributed by atoms with Crippen LogP contribution in [-0.2, 0) is 21.2 Å². The van der Waals surface area contributed by atoms with E-state index in [4.69, 9.17) is 0 Å². The molecule has 0 fully saturated rings. The summed E-state index contributed by atoms with van der Waals surface area (Å²) in [5, 5.41) is 8.67. The highest BCUT2D eigenvalue weighted by atomic mass is 32.2. The molecule has 1 N–H and O–H groups in total. The number of hydrogen-bond donors (Lipinski definition) is 1. The Morgan fingerprint density at radius 3 is 2.04 bits per heavy atom. The monoisotopic (exact) mass is 403 g/mol. The highest BCUT2D eigenvalue weighted by molar-refractivity contribution is 7.92. The number of benzene rings is 2. The molecule has 0 aliphatic heterocycles. The lowest BCUT2D eigenvalue weighted by atomic mass is 10.1. The van der Waals surface area contributed by atoms with Crippen LogP contribution in [0.3, 0.4) is 0 Å². The summed E-state index contributed by atoms with van der Waals surface area (Å²) in [4.78, 5) is 25.9. The molecule has 2 aromatic carbocycles. The quantitative estimate of drug-likeness (QED) is 0.731. The van der Waals surface area contributed by atoms with E-state index in [-0.39, 0.29) is 23.9 Å². The van der Waals surface area contributed by atoms with Crippen molar-refractivity contribution in [1.82, 2.24) is 4.90 Å². The first-order valence-electron chi connectivity index (χ1n) is 9.03. The van der Waals surface area contributed by atoms with Gasteiger partial charge in [0.2, 0.25) is 0 Å². The van der Waals surface area contributed by atoms with Gasteiger partial charge in [-0.2, -0.15) is 0 Å². The Bertz CT molecular complexity index is 921. The first-order valence-corrected chi connectivity index (χ1v) is 10.6. The van der Waals surface area contributed by atoms with Gasteiger partial charge in [-0.05, 0) is 43.7 Å². The number of carboxylic acids is 1. The predicted octanol–water partition coefficient (Wildman–Crippen LogP) is 3.23. The second-order valence-electron chi connectivity index (χ2n) is 7.03. The predicted molar refractivity (Wildman–Crippen MR) is 107 cm³/mol. The number of rotatable bonds is 8. The van der Waals surface area contributed by atoms with Gasteiger partial charge in [-0.1, -0.05) is 37.3 Å². The van der Waals surface area contributed by atoms with Gasteiger partial charge in [0, 0.05) is 18.7 Å². The van der Waals surface area contributed by atoms with Gasteiger partial charge in [0.25, 0.3) is 5.91 Å². The third-order valence-electron chi connectivity index (χ3n) is 4.47. The maximum absolute atomic E-state index is 13.0. The molecule has 0 aliphatic rings. The van der Waals surface area contributed by atoms with Gasteiger partial charge in [0.15, 0.2) is 9.84 Å². The summed E-state index contributed by atoms with van der Waals surface area (Å²) in [6, 6.07) is 15.1. The van der Waals surface area contributed by atoms with Crippen LogP contribution in [0.4, 0.5) is 0 Å². The average molecular weight is 404 g/mol. The summed E-state index contributed by atoms with van der Waals surface area (Å²) in [6.07, 6.45) is 0. The van der Waals surface area contributed by atoms with Crippen molar-refractivity contribution in [2.24, 2.45) is 5.92 Å². The van der Waals surface area contributed by atoms with Crippen molar-refractivity contribution >= 4 is 21.7 Å². The second-order valence-corrected chi connectivity index (χ2v) is 9.53. The zero-order valence-electron chi connectivity index (χ0n) is 16.2. The van der Waals surface area contributed by atoms with E-state index in [1.807, 2.05) is 30.3 Å². The van der Waals surface area contributed by atoms with Gasteiger partial charge in [-0.25, -0.2) is 8.42 Å². The number of carboxylic acid groups (broad SMARTS) is 1. The molecular formula is C21H25NO5S. The smallest absolute Gasteiger partial charge is 0.308 e. The van der Waals surface area contributed by atoms with Gasteiger partial charge in [-0.15, -0.1) is 0 Å². The Labute approximate surface area is 165 Å². The largest absolute Gasteiger partial charge is 0.481 e. The maximum atomic E-state index is 13.0. The normalized spacial score (nSPS) is 12.6. The van der Waals surface area contributed by atoms with E-state index in [2.05, 4.69) is 0 Å². The van der Waals surface area contributed by atoms with E-state index in [9.17, 15) is 23.1 Å². The highest BCUT2D eigenvalue weighted by Gasteiger charge is 2.23. The van der Waals surface area contributed by atoms with Crippen LogP contribution in [0.5, 0.6) is 0 Å². The van der Waals surface area contributed by atoms with Crippen molar-refractivity contribution in [2.75, 3.05) is 6.54 Å². The van der Waals surface area contributed by atoms with E-state index >= 15 is 0 Å². The fraction of sp³-hybridized carbons (Fsp3) is 0.333. The molecule has 1 atom stereocenters. The number of carbonyl (C=O) groups excluding carboxylic acids is 1. The molecule has 0 heterocycles. The molecule has 1 amide bonds. The van der Waals surface area contributed by atoms with E-state index in [1.165, 1.54) is 29.2 Å². The number of aliphatic carboxylic acids is 1. The van der Waals surface area contributed by atoms with Gasteiger partial charge in [-0.3, -0.25) is 9.59 Å². The standard InChI is InChI=1S/C21H25NO5S/c1-15(2)28(26,27)19-11-9-18(10-12-19)20(23)22(13-16(3)21(24)25)14-17-7-5-4-6-8-17/h4-12,15-16H,13-14H2,1-3H3,(H,24,25). The van der Waals surface area contributed by atoms with Crippen molar-refractivity contribution in [3.63, 3.8) is 0 Å². The molecule has 1 unspecified atom stereocenters. The Balaban J connectivity index is 2.29. The SMILES string of the molecule is CC(CN(Cc1ccccc1)C(=O)c1ccc(S(=O)(=O)C(C)C)cc1)C(=O)O. The number of sulfone groups is 1. The van der Waals surface area contributed by atoms with E-state index < -0.39 is 27.0 Å². The lowest BCUT2D eigenvalue weighted by Crippen LogP contribution is -2.36. The third kappa shape index (κ3) is 5.19. The van der Waals surface area contributed by atoms with Crippen LogP contribution < -0.4 is 0 Å². The first-order chi connectivity index (χ1) is 13.1. The zero-order chi connectivity index (χ0) is 20.9. The Hall–Kier alpha value is -2.67. The molecule has 0 radical (unpaired) electrons. The van der Waals surface area contributed by atoms with Crippen LogP contribution in [0.15, 0.2) is 59.5 Å². The fourth-order valence-electron chi connectivity index (χ4n) is 2.67. The van der Waals surface area contributed by atoms with Crippen molar-refractivity contribution in [1.29, 1.82) is 0 Å². The average Bonchev–Trinajstić information content (AvgIpc) is 2.67. The lowest BCUT2D eigenvalue weighted by Gasteiger charge is -2.25. The molecule has 7 heteroatoms. The summed E-state index contributed by atoms with van der Waals surface area (Å²) >= 11 is 0. The molecule has 2 aromatic rings. The number of amides is 1. The molecular weight excluding hydrogens is 378 g/mol. The van der Waals surface area contributed by atoms with Gasteiger partial charge in [0.05, 0.1) is 16.1 Å². The Morgan fingerprint density at radius 2 is 1.54 bits per heavy atom. The molecule has 0 bridgehead atoms. The van der Waals surface area contributed by atoms with Crippen molar-refractivity contribution in [2.45, 2.75) is 37.5 Å². The third-order valence-corrected chi connectivity index (χ3v) is 6.64. The highest BCUT2D eigenvalue weighted by Crippen LogP contribution is 2.18. The molecule has 0 aromatic heterocycles. The summed E-state index contributed by atoms with van der Waals surface area (Å²) in [5.41, 5.74) is 1.20. The van der Waals surface area contributed by atoms with Crippen LogP contribution in [0, 0.1) is 5.92 Å². The fourth-order valence-corrected chi connectivity index (χ4v) is 3.73. The topological polar surface area (TPSA) is 91.8 Å². The van der Waals surface area contributed by atoms with E-state index in [0.29, 0.717) is 5.56 Å². The number of hydrogen-bond acceptors (Lipinski definition) is 4. The van der Waals surface area contributed by atoms with Gasteiger partial charge < -0.3 is 10.0 Å². The molecule has 150 valence electrons. The van der Waals surface area contributed by atoms with Gasteiger partial charge in [0.1, 0.15) is 0 Å². The number of nitrogens with zero attached hydrogens (tertiary/aromatic N) is 1. The van der Waals surface area contributed by atoms with Crippen molar-refractivity contribution in [3.8, 4) is 0 Å². The van der Waals surface area contributed by atoms with Gasteiger partial charge >= 0.3 is 5.97 Å². The van der Waals surface area contributed by atoms with E-state index in [0.717, 1.165) is 5.56 Å². The summed E-state index contributed by atoms with van der Waals surface area (Å²) in [7, 11) is -3.42.